The Kier molecular flexibility index (Phi) is 4.44. The second-order valence-electron chi connectivity index (χ2n) is 5.72. The van der Waals surface area contributed by atoms with E-state index < -0.39 is 17.4 Å². The first kappa shape index (κ1) is 16.0. The lowest BCUT2D eigenvalue weighted by atomic mass is 9.93. The summed E-state index contributed by atoms with van der Waals surface area (Å²) in [5.74, 6) is -2.15. The maximum absolute atomic E-state index is 13.7. The third-order valence-corrected chi connectivity index (χ3v) is 4.08. The highest BCUT2D eigenvalue weighted by molar-refractivity contribution is 7.09. The fourth-order valence-corrected chi connectivity index (χ4v) is 2.88. The minimum Gasteiger partial charge on any atom is -0.294 e. The van der Waals surface area contributed by atoms with Crippen LogP contribution in [0.15, 0.2) is 17.5 Å². The van der Waals surface area contributed by atoms with Crippen LogP contribution in [0.3, 0.4) is 0 Å². The lowest BCUT2D eigenvalue weighted by Crippen LogP contribution is -2.12. The van der Waals surface area contributed by atoms with Crippen molar-refractivity contribution in [3.05, 3.63) is 50.4 Å². The van der Waals surface area contributed by atoms with Gasteiger partial charge in [0.05, 0.1) is 22.7 Å². The number of halogens is 3. The van der Waals surface area contributed by atoms with Gasteiger partial charge in [-0.05, 0) is 12.1 Å². The normalized spacial score (nSPS) is 11.7. The molecule has 0 saturated heterocycles. The molecule has 0 aliphatic carbocycles. The second-order valence-corrected chi connectivity index (χ2v) is 7.07. The number of Topliss-reactive ketones (excluding diaryl/α,β-unsaturated/α-hetero) is 1. The Hall–Kier alpha value is -1.33. The summed E-state index contributed by atoms with van der Waals surface area (Å²) in [5.41, 5.74) is 0.456. The first-order valence-electron chi connectivity index (χ1n) is 6.31. The maximum atomic E-state index is 13.7. The highest BCUT2D eigenvalue weighted by Crippen LogP contribution is 2.25. The summed E-state index contributed by atoms with van der Waals surface area (Å²) >= 11 is 6.81. The van der Waals surface area contributed by atoms with Crippen molar-refractivity contribution >= 4 is 28.7 Å². The van der Waals surface area contributed by atoms with Crippen LogP contribution in [-0.4, -0.2) is 10.8 Å². The Labute approximate surface area is 130 Å². The number of aromatic nitrogens is 1. The van der Waals surface area contributed by atoms with Crippen molar-refractivity contribution in [1.82, 2.24) is 4.98 Å². The standard InChI is InChI=1S/C15H14ClF2NOS/c1-15(2,3)13-7-21-14(19-13)6-12(20)8-4-11(18)9(16)5-10(8)17/h4-5,7H,6H2,1-3H3. The summed E-state index contributed by atoms with van der Waals surface area (Å²) in [5, 5.41) is 2.12. The van der Waals surface area contributed by atoms with Crippen LogP contribution >= 0.6 is 22.9 Å². The minimum atomic E-state index is -0.820. The zero-order valence-corrected chi connectivity index (χ0v) is 13.4. The van der Waals surface area contributed by atoms with E-state index in [1.54, 1.807) is 0 Å². The molecule has 1 heterocycles. The van der Waals surface area contributed by atoms with E-state index in [2.05, 4.69) is 4.98 Å². The van der Waals surface area contributed by atoms with Crippen LogP contribution in [0.1, 0.15) is 41.8 Å². The molecule has 112 valence electrons. The predicted molar refractivity (Wildman–Crippen MR) is 80.2 cm³/mol. The molecule has 2 aromatic rings. The third kappa shape index (κ3) is 3.66. The first-order valence-corrected chi connectivity index (χ1v) is 7.57. The number of carbonyl (C=O) groups is 1. The van der Waals surface area contributed by atoms with Gasteiger partial charge in [-0.1, -0.05) is 32.4 Å². The average Bonchev–Trinajstić information content (AvgIpc) is 2.82. The van der Waals surface area contributed by atoms with Gasteiger partial charge in [0.25, 0.3) is 0 Å². The minimum absolute atomic E-state index is 0.0568. The smallest absolute Gasteiger partial charge is 0.172 e. The monoisotopic (exact) mass is 329 g/mol. The molecule has 2 nitrogen and oxygen atoms in total. The van der Waals surface area contributed by atoms with Gasteiger partial charge in [-0.3, -0.25) is 4.79 Å². The third-order valence-electron chi connectivity index (χ3n) is 2.94. The second kappa shape index (κ2) is 5.81. The number of hydrogen-bond donors (Lipinski definition) is 0. The molecule has 1 aromatic carbocycles. The quantitative estimate of drug-likeness (QED) is 0.598. The Morgan fingerprint density at radius 2 is 1.95 bits per heavy atom. The summed E-state index contributed by atoms with van der Waals surface area (Å²) in [6, 6.07) is 1.64. The summed E-state index contributed by atoms with van der Waals surface area (Å²) in [4.78, 5) is 16.4. The molecular weight excluding hydrogens is 316 g/mol. The van der Waals surface area contributed by atoms with E-state index in [1.807, 2.05) is 26.2 Å². The van der Waals surface area contributed by atoms with Crippen molar-refractivity contribution in [2.45, 2.75) is 32.6 Å². The van der Waals surface area contributed by atoms with Crippen LogP contribution in [0.5, 0.6) is 0 Å². The molecule has 0 amide bonds. The number of benzene rings is 1. The van der Waals surface area contributed by atoms with Gasteiger partial charge < -0.3 is 0 Å². The van der Waals surface area contributed by atoms with Crippen molar-refractivity contribution in [3.8, 4) is 0 Å². The van der Waals surface area contributed by atoms with Crippen molar-refractivity contribution in [2.24, 2.45) is 0 Å². The number of rotatable bonds is 3. The van der Waals surface area contributed by atoms with Gasteiger partial charge in [0.15, 0.2) is 5.78 Å². The Morgan fingerprint density at radius 3 is 2.52 bits per heavy atom. The van der Waals surface area contributed by atoms with Gasteiger partial charge in [-0.15, -0.1) is 11.3 Å². The van der Waals surface area contributed by atoms with Crippen molar-refractivity contribution in [2.75, 3.05) is 0 Å². The lowest BCUT2D eigenvalue weighted by Gasteiger charge is -2.14. The number of ketones is 1. The molecule has 6 heteroatoms. The van der Waals surface area contributed by atoms with Crippen LogP contribution < -0.4 is 0 Å². The van der Waals surface area contributed by atoms with E-state index in [4.69, 9.17) is 11.6 Å². The van der Waals surface area contributed by atoms with Gasteiger partial charge in [-0.25, -0.2) is 13.8 Å². The molecule has 0 radical (unpaired) electrons. The summed E-state index contributed by atoms with van der Waals surface area (Å²) in [6.45, 7) is 6.05. The average molecular weight is 330 g/mol. The Bertz CT molecular complexity index is 691. The van der Waals surface area contributed by atoms with E-state index in [9.17, 15) is 13.6 Å². The molecule has 0 fully saturated rings. The van der Waals surface area contributed by atoms with Crippen LogP contribution in [-0.2, 0) is 11.8 Å². The molecule has 0 aliphatic rings. The number of thiazole rings is 1. The molecule has 0 spiro atoms. The van der Waals surface area contributed by atoms with Crippen LogP contribution in [0.2, 0.25) is 5.02 Å². The molecule has 0 unspecified atom stereocenters. The fourth-order valence-electron chi connectivity index (χ4n) is 1.71. The Morgan fingerprint density at radius 1 is 1.29 bits per heavy atom. The van der Waals surface area contributed by atoms with Gasteiger partial charge in [-0.2, -0.15) is 0 Å². The van der Waals surface area contributed by atoms with Crippen molar-refractivity contribution in [3.63, 3.8) is 0 Å². The van der Waals surface area contributed by atoms with Crippen LogP contribution in [0.25, 0.3) is 0 Å². The van der Waals surface area contributed by atoms with Gasteiger partial charge in [0, 0.05) is 10.8 Å². The SMILES string of the molecule is CC(C)(C)c1csc(CC(=O)c2cc(F)c(Cl)cc2F)n1. The number of carbonyl (C=O) groups excluding carboxylic acids is 1. The fraction of sp³-hybridized carbons (Fsp3) is 0.333. The summed E-state index contributed by atoms with van der Waals surface area (Å²) in [7, 11) is 0. The molecule has 2 rings (SSSR count). The lowest BCUT2D eigenvalue weighted by molar-refractivity contribution is 0.0988. The summed E-state index contributed by atoms with van der Waals surface area (Å²) in [6.07, 6.45) is -0.0568. The van der Waals surface area contributed by atoms with E-state index in [-0.39, 0.29) is 22.4 Å². The zero-order chi connectivity index (χ0) is 15.8. The van der Waals surface area contributed by atoms with E-state index >= 15 is 0 Å². The van der Waals surface area contributed by atoms with E-state index in [0.29, 0.717) is 5.01 Å². The summed E-state index contributed by atoms with van der Waals surface area (Å²) < 4.78 is 27.0. The molecule has 21 heavy (non-hydrogen) atoms. The molecule has 0 aliphatic heterocycles. The van der Waals surface area contributed by atoms with Crippen LogP contribution in [0, 0.1) is 11.6 Å². The highest BCUT2D eigenvalue weighted by Gasteiger charge is 2.20. The topological polar surface area (TPSA) is 30.0 Å². The number of hydrogen-bond acceptors (Lipinski definition) is 3. The van der Waals surface area contributed by atoms with Crippen LogP contribution in [0.4, 0.5) is 8.78 Å². The molecule has 0 bridgehead atoms. The molecular formula is C15H14ClF2NOS. The van der Waals surface area contributed by atoms with Gasteiger partial charge >= 0.3 is 0 Å². The Balaban J connectivity index is 2.22. The van der Waals surface area contributed by atoms with Gasteiger partial charge in [0.2, 0.25) is 0 Å². The van der Waals surface area contributed by atoms with Gasteiger partial charge in [0.1, 0.15) is 16.6 Å². The molecule has 0 atom stereocenters. The van der Waals surface area contributed by atoms with Crippen molar-refractivity contribution in [1.29, 1.82) is 0 Å². The highest BCUT2D eigenvalue weighted by atomic mass is 35.5. The molecule has 0 saturated carbocycles. The first-order chi connectivity index (χ1) is 9.68. The zero-order valence-electron chi connectivity index (χ0n) is 11.8. The van der Waals surface area contributed by atoms with Crippen molar-refractivity contribution < 1.29 is 13.6 Å². The molecule has 1 aromatic heterocycles. The number of nitrogens with zero attached hydrogens (tertiary/aromatic N) is 1. The maximum Gasteiger partial charge on any atom is 0.172 e. The van der Waals surface area contributed by atoms with E-state index in [0.717, 1.165) is 17.8 Å². The predicted octanol–water partition coefficient (Wildman–Crippen LogP) is 4.80. The molecule has 0 N–H and O–H groups in total. The van der Waals surface area contributed by atoms with E-state index in [1.165, 1.54) is 11.3 Å². The largest absolute Gasteiger partial charge is 0.294 e.